The Kier molecular flexibility index (Phi) is 9.44. The molecular formula is C25H31N3O3. The summed E-state index contributed by atoms with van der Waals surface area (Å²) in [6, 6.07) is 15.4. The minimum absolute atomic E-state index is 0.0280. The molecule has 6 heteroatoms. The van der Waals surface area contributed by atoms with E-state index >= 15 is 0 Å². The Hall–Kier alpha value is -3.46. The summed E-state index contributed by atoms with van der Waals surface area (Å²) in [5, 5.41) is 15.3. The Morgan fingerprint density at radius 1 is 1.10 bits per heavy atom. The van der Waals surface area contributed by atoms with Crippen LogP contribution in [0.2, 0.25) is 0 Å². The molecule has 0 saturated heterocycles. The van der Waals surface area contributed by atoms with E-state index < -0.39 is 5.91 Å². The van der Waals surface area contributed by atoms with Gasteiger partial charge in [0.05, 0.1) is 13.2 Å². The number of carbonyl (C=O) groups excluding carboxylic acids is 1. The molecule has 0 unspecified atom stereocenters. The molecule has 0 heterocycles. The molecule has 164 valence electrons. The highest BCUT2D eigenvalue weighted by atomic mass is 16.5. The highest BCUT2D eigenvalue weighted by Crippen LogP contribution is 2.28. The van der Waals surface area contributed by atoms with Gasteiger partial charge in [-0.15, -0.1) is 0 Å². The normalized spacial score (nSPS) is 11.0. The number of ether oxygens (including phenoxy) is 2. The molecular weight excluding hydrogens is 390 g/mol. The van der Waals surface area contributed by atoms with Gasteiger partial charge in [-0.1, -0.05) is 38.1 Å². The van der Waals surface area contributed by atoms with Crippen LogP contribution >= 0.6 is 0 Å². The number of carbonyl (C=O) groups is 1. The number of para-hydroxylation sites is 1. The molecule has 0 aromatic heterocycles. The van der Waals surface area contributed by atoms with E-state index in [2.05, 4.69) is 24.5 Å². The van der Waals surface area contributed by atoms with Crippen LogP contribution in [0, 0.1) is 11.3 Å². The van der Waals surface area contributed by atoms with Gasteiger partial charge in [-0.05, 0) is 55.5 Å². The lowest BCUT2D eigenvalue weighted by Crippen LogP contribution is -2.18. The molecule has 0 bridgehead atoms. The Bertz CT molecular complexity index is 945. The zero-order valence-corrected chi connectivity index (χ0v) is 18.7. The SMILES string of the molecule is CCOc1ccc(CCN/C=C(/C#N)C(=O)Nc2ccccc2C(C)C)cc1OCC. The van der Waals surface area contributed by atoms with Gasteiger partial charge in [-0.2, -0.15) is 5.26 Å². The summed E-state index contributed by atoms with van der Waals surface area (Å²) in [5.74, 6) is 1.28. The first-order valence-corrected chi connectivity index (χ1v) is 10.6. The van der Waals surface area contributed by atoms with Gasteiger partial charge in [0.25, 0.3) is 5.91 Å². The summed E-state index contributed by atoms with van der Waals surface area (Å²) in [6.45, 7) is 9.70. The molecule has 2 rings (SSSR count). The number of rotatable bonds is 11. The van der Waals surface area contributed by atoms with Crippen LogP contribution in [-0.4, -0.2) is 25.7 Å². The van der Waals surface area contributed by atoms with Crippen molar-refractivity contribution < 1.29 is 14.3 Å². The molecule has 2 aromatic carbocycles. The predicted molar refractivity (Wildman–Crippen MR) is 123 cm³/mol. The van der Waals surface area contributed by atoms with Gasteiger partial charge in [-0.3, -0.25) is 4.79 Å². The van der Waals surface area contributed by atoms with Crippen molar-refractivity contribution in [1.82, 2.24) is 5.32 Å². The van der Waals surface area contributed by atoms with Crippen molar-refractivity contribution in [1.29, 1.82) is 5.26 Å². The Balaban J connectivity index is 1.97. The average Bonchev–Trinajstić information content (AvgIpc) is 2.76. The topological polar surface area (TPSA) is 83.4 Å². The fourth-order valence-electron chi connectivity index (χ4n) is 3.09. The maximum atomic E-state index is 12.5. The van der Waals surface area contributed by atoms with Gasteiger partial charge in [0, 0.05) is 18.4 Å². The van der Waals surface area contributed by atoms with Gasteiger partial charge < -0.3 is 20.1 Å². The molecule has 0 aliphatic carbocycles. The first kappa shape index (κ1) is 23.8. The quantitative estimate of drug-likeness (QED) is 0.310. The van der Waals surface area contributed by atoms with E-state index in [0.29, 0.717) is 26.2 Å². The zero-order chi connectivity index (χ0) is 22.6. The fourth-order valence-corrected chi connectivity index (χ4v) is 3.09. The Morgan fingerprint density at radius 2 is 1.81 bits per heavy atom. The van der Waals surface area contributed by atoms with E-state index in [9.17, 15) is 10.1 Å². The van der Waals surface area contributed by atoms with Gasteiger partial charge in [0.1, 0.15) is 11.6 Å². The second-order valence-corrected chi connectivity index (χ2v) is 7.22. The maximum Gasteiger partial charge on any atom is 0.267 e. The van der Waals surface area contributed by atoms with Gasteiger partial charge in [0.15, 0.2) is 11.5 Å². The van der Waals surface area contributed by atoms with Crippen LogP contribution in [0.5, 0.6) is 11.5 Å². The van der Waals surface area contributed by atoms with Crippen LogP contribution < -0.4 is 20.1 Å². The Labute approximate surface area is 184 Å². The minimum Gasteiger partial charge on any atom is -0.490 e. The third kappa shape index (κ3) is 7.07. The number of amides is 1. The molecule has 0 saturated carbocycles. The molecule has 1 amide bonds. The second kappa shape index (κ2) is 12.3. The number of nitrogens with one attached hydrogen (secondary N) is 2. The fraction of sp³-hybridized carbons (Fsp3) is 0.360. The Morgan fingerprint density at radius 3 is 2.48 bits per heavy atom. The van der Waals surface area contributed by atoms with Crippen molar-refractivity contribution >= 4 is 11.6 Å². The lowest BCUT2D eigenvalue weighted by Gasteiger charge is -2.13. The van der Waals surface area contributed by atoms with Crippen LogP contribution in [0.4, 0.5) is 5.69 Å². The number of hydrogen-bond donors (Lipinski definition) is 2. The summed E-state index contributed by atoms with van der Waals surface area (Å²) in [6.07, 6.45) is 2.17. The van der Waals surface area contributed by atoms with Crippen LogP contribution in [0.3, 0.4) is 0 Å². The highest BCUT2D eigenvalue weighted by molar-refractivity contribution is 6.06. The molecule has 2 aromatic rings. The smallest absolute Gasteiger partial charge is 0.267 e. The van der Waals surface area contributed by atoms with E-state index in [0.717, 1.165) is 28.3 Å². The van der Waals surface area contributed by atoms with Crippen LogP contribution in [-0.2, 0) is 11.2 Å². The van der Waals surface area contributed by atoms with Crippen molar-refractivity contribution in [3.8, 4) is 17.6 Å². The maximum absolute atomic E-state index is 12.5. The van der Waals surface area contributed by atoms with E-state index in [1.807, 2.05) is 62.4 Å². The average molecular weight is 422 g/mol. The lowest BCUT2D eigenvalue weighted by molar-refractivity contribution is -0.112. The van der Waals surface area contributed by atoms with E-state index in [4.69, 9.17) is 9.47 Å². The van der Waals surface area contributed by atoms with Crippen molar-refractivity contribution in [2.24, 2.45) is 0 Å². The van der Waals surface area contributed by atoms with Gasteiger partial charge in [0.2, 0.25) is 0 Å². The van der Waals surface area contributed by atoms with Crippen LogP contribution in [0.25, 0.3) is 0 Å². The number of nitrogens with zero attached hydrogens (tertiary/aromatic N) is 1. The number of nitriles is 1. The van der Waals surface area contributed by atoms with Crippen molar-refractivity contribution in [2.75, 3.05) is 25.1 Å². The monoisotopic (exact) mass is 421 g/mol. The third-order valence-corrected chi connectivity index (χ3v) is 4.61. The molecule has 0 atom stereocenters. The minimum atomic E-state index is -0.428. The van der Waals surface area contributed by atoms with Crippen molar-refractivity contribution in [3.05, 3.63) is 65.4 Å². The zero-order valence-electron chi connectivity index (χ0n) is 18.7. The van der Waals surface area contributed by atoms with Crippen molar-refractivity contribution in [2.45, 2.75) is 40.0 Å². The summed E-state index contributed by atoms with van der Waals surface area (Å²) in [7, 11) is 0. The standard InChI is InChI=1S/C25H31N3O3/c1-5-30-23-12-11-19(15-24(23)31-6-2)13-14-27-17-20(16-26)25(29)28-22-10-8-7-9-21(22)18(3)4/h7-12,15,17-18,27H,5-6,13-14H2,1-4H3,(H,28,29)/b20-17-. The molecule has 6 nitrogen and oxygen atoms in total. The van der Waals surface area contributed by atoms with E-state index in [-0.39, 0.29) is 11.5 Å². The first-order chi connectivity index (χ1) is 15.0. The highest BCUT2D eigenvalue weighted by Gasteiger charge is 2.13. The van der Waals surface area contributed by atoms with Gasteiger partial charge in [-0.25, -0.2) is 0 Å². The first-order valence-electron chi connectivity index (χ1n) is 10.6. The second-order valence-electron chi connectivity index (χ2n) is 7.22. The largest absolute Gasteiger partial charge is 0.490 e. The third-order valence-electron chi connectivity index (χ3n) is 4.61. The van der Waals surface area contributed by atoms with E-state index in [1.54, 1.807) is 0 Å². The number of anilines is 1. The molecule has 0 aliphatic heterocycles. The molecule has 31 heavy (non-hydrogen) atoms. The van der Waals surface area contributed by atoms with E-state index in [1.165, 1.54) is 6.20 Å². The van der Waals surface area contributed by atoms with Gasteiger partial charge >= 0.3 is 0 Å². The number of benzene rings is 2. The molecule has 0 aliphatic rings. The summed E-state index contributed by atoms with van der Waals surface area (Å²) in [4.78, 5) is 12.5. The van der Waals surface area contributed by atoms with Crippen LogP contribution in [0.1, 0.15) is 44.7 Å². The van der Waals surface area contributed by atoms with Crippen molar-refractivity contribution in [3.63, 3.8) is 0 Å². The van der Waals surface area contributed by atoms with Crippen LogP contribution in [0.15, 0.2) is 54.2 Å². The predicted octanol–water partition coefficient (Wildman–Crippen LogP) is 4.79. The molecule has 0 fully saturated rings. The lowest BCUT2D eigenvalue weighted by atomic mass is 10.0. The summed E-state index contributed by atoms with van der Waals surface area (Å²) < 4.78 is 11.2. The summed E-state index contributed by atoms with van der Waals surface area (Å²) >= 11 is 0. The number of hydrogen-bond acceptors (Lipinski definition) is 5. The molecule has 0 spiro atoms. The summed E-state index contributed by atoms with van der Waals surface area (Å²) in [5.41, 5.74) is 2.85. The molecule has 2 N–H and O–H groups in total. The molecule has 0 radical (unpaired) electrons.